The molecule has 2 rings (SSSR count). The van der Waals surface area contributed by atoms with Gasteiger partial charge in [-0.25, -0.2) is 0 Å². The molecule has 0 atom stereocenters. The van der Waals surface area contributed by atoms with Crippen LogP contribution in [-0.4, -0.2) is 25.3 Å². The van der Waals surface area contributed by atoms with Crippen molar-refractivity contribution in [1.82, 2.24) is 4.98 Å². The number of pyridine rings is 1. The summed E-state index contributed by atoms with van der Waals surface area (Å²) < 4.78 is 40.3. The van der Waals surface area contributed by atoms with Crippen molar-refractivity contribution in [2.75, 3.05) is 0 Å². The van der Waals surface area contributed by atoms with Gasteiger partial charge in [0.05, 0.1) is 17.2 Å². The number of esters is 2. The zero-order chi connectivity index (χ0) is 20.9. The van der Waals surface area contributed by atoms with Gasteiger partial charge in [-0.05, 0) is 26.0 Å². The number of ether oxygens (including phenoxy) is 2. The number of hydrogen-bond donors (Lipinski definition) is 0. The first kappa shape index (κ1) is 21.5. The van der Waals surface area contributed by atoms with Crippen molar-refractivity contribution in [2.45, 2.75) is 45.8 Å². The van der Waals surface area contributed by atoms with Crippen LogP contribution in [0, 0.1) is 13.8 Å². The van der Waals surface area contributed by atoms with E-state index in [1.807, 2.05) is 6.92 Å². The number of aryl methyl sites for hydroxylation is 2. The molecule has 0 amide bonds. The summed E-state index contributed by atoms with van der Waals surface area (Å²) in [6, 6.07) is 6.19. The number of benzene rings is 1. The summed E-state index contributed by atoms with van der Waals surface area (Å²) in [5, 5.41) is 0. The molecule has 8 nitrogen and oxygen atoms in total. The van der Waals surface area contributed by atoms with Crippen LogP contribution < -0.4 is 4.74 Å². The highest BCUT2D eigenvalue weighted by molar-refractivity contribution is 7.86. The Labute approximate surface area is 163 Å². The normalized spacial score (nSPS) is 11.1. The number of carbonyl (C=O) groups is 2. The molecular formula is C19H21NO7S. The standard InChI is InChI=1S/C19H21NO7S/c1-12-5-7-17(8-6-12)28(23,24)26-11-18-16(10-25-14(3)21)9-20-13(2)19(18)27-15(4)22/h5-9H,10-11H2,1-4H3. The van der Waals surface area contributed by atoms with Crippen molar-refractivity contribution in [3.05, 3.63) is 52.8 Å². The third-order valence-corrected chi connectivity index (χ3v) is 5.03. The lowest BCUT2D eigenvalue weighted by Crippen LogP contribution is -2.13. The molecule has 150 valence electrons. The molecule has 0 saturated heterocycles. The summed E-state index contributed by atoms with van der Waals surface area (Å²) in [7, 11) is -4.05. The van der Waals surface area contributed by atoms with Gasteiger partial charge in [0.1, 0.15) is 6.61 Å². The lowest BCUT2D eigenvalue weighted by atomic mass is 10.1. The maximum atomic E-state index is 12.5. The van der Waals surface area contributed by atoms with Crippen LogP contribution in [0.5, 0.6) is 5.75 Å². The topological polar surface area (TPSA) is 109 Å². The Kier molecular flexibility index (Phi) is 6.87. The summed E-state index contributed by atoms with van der Waals surface area (Å²) in [5.41, 5.74) is 1.91. The second kappa shape index (κ2) is 8.94. The average Bonchev–Trinajstić information content (AvgIpc) is 2.61. The van der Waals surface area contributed by atoms with Crippen molar-refractivity contribution < 1.29 is 31.7 Å². The fourth-order valence-corrected chi connectivity index (χ4v) is 3.20. The fraction of sp³-hybridized carbons (Fsp3) is 0.316. The van der Waals surface area contributed by atoms with Crippen LogP contribution in [0.15, 0.2) is 35.4 Å². The molecule has 0 aliphatic heterocycles. The number of rotatable bonds is 7. The maximum absolute atomic E-state index is 12.5. The van der Waals surface area contributed by atoms with Crippen molar-refractivity contribution >= 4 is 22.1 Å². The molecule has 0 fully saturated rings. The monoisotopic (exact) mass is 407 g/mol. The molecule has 0 saturated carbocycles. The maximum Gasteiger partial charge on any atom is 0.308 e. The first-order valence-electron chi connectivity index (χ1n) is 8.35. The molecule has 0 radical (unpaired) electrons. The second-order valence-corrected chi connectivity index (χ2v) is 7.70. The molecule has 0 bridgehead atoms. The lowest BCUT2D eigenvalue weighted by molar-refractivity contribution is -0.142. The van der Waals surface area contributed by atoms with Crippen LogP contribution in [0.1, 0.15) is 36.2 Å². The summed E-state index contributed by atoms with van der Waals surface area (Å²) in [5.74, 6) is -1.04. The first-order chi connectivity index (χ1) is 13.1. The minimum absolute atomic E-state index is 0.000509. The Morgan fingerprint density at radius 1 is 1.00 bits per heavy atom. The van der Waals surface area contributed by atoms with E-state index in [0.29, 0.717) is 11.3 Å². The van der Waals surface area contributed by atoms with E-state index in [0.717, 1.165) is 5.56 Å². The largest absolute Gasteiger partial charge is 0.461 e. The quantitative estimate of drug-likeness (QED) is 0.509. The van der Waals surface area contributed by atoms with Crippen molar-refractivity contribution in [1.29, 1.82) is 0 Å². The average molecular weight is 407 g/mol. The molecule has 9 heteroatoms. The highest BCUT2D eigenvalue weighted by Gasteiger charge is 2.21. The van der Waals surface area contributed by atoms with Crippen molar-refractivity contribution in [2.24, 2.45) is 0 Å². The summed E-state index contributed by atoms with van der Waals surface area (Å²) in [6.07, 6.45) is 1.42. The Hall–Kier alpha value is -2.78. The molecule has 1 heterocycles. The zero-order valence-corrected chi connectivity index (χ0v) is 16.8. The molecule has 0 N–H and O–H groups in total. The van der Waals surface area contributed by atoms with Crippen molar-refractivity contribution in [3.8, 4) is 5.75 Å². The summed E-state index contributed by atoms with van der Waals surface area (Å²) in [4.78, 5) is 26.7. The van der Waals surface area contributed by atoms with E-state index in [-0.39, 0.29) is 22.8 Å². The van der Waals surface area contributed by atoms with Gasteiger partial charge in [0, 0.05) is 31.2 Å². The van der Waals surface area contributed by atoms with Crippen LogP contribution >= 0.6 is 0 Å². The van der Waals surface area contributed by atoms with Gasteiger partial charge in [-0.2, -0.15) is 8.42 Å². The Morgan fingerprint density at radius 3 is 2.21 bits per heavy atom. The van der Waals surface area contributed by atoms with Crippen LogP contribution in [0.2, 0.25) is 0 Å². The molecular weight excluding hydrogens is 386 g/mol. The van der Waals surface area contributed by atoms with E-state index < -0.39 is 28.7 Å². The first-order valence-corrected chi connectivity index (χ1v) is 9.76. The van der Waals surface area contributed by atoms with Crippen LogP contribution in [0.4, 0.5) is 0 Å². The SMILES string of the molecule is CC(=O)OCc1cnc(C)c(OC(C)=O)c1COS(=O)(=O)c1ccc(C)cc1. The Bertz CT molecular complexity index is 982. The van der Waals surface area contributed by atoms with Gasteiger partial charge in [0.15, 0.2) is 5.75 Å². The van der Waals surface area contributed by atoms with Gasteiger partial charge in [-0.15, -0.1) is 0 Å². The lowest BCUT2D eigenvalue weighted by Gasteiger charge is -2.16. The Morgan fingerprint density at radius 2 is 1.64 bits per heavy atom. The highest BCUT2D eigenvalue weighted by atomic mass is 32.2. The van der Waals surface area contributed by atoms with Gasteiger partial charge in [-0.1, -0.05) is 17.7 Å². The van der Waals surface area contributed by atoms with E-state index in [9.17, 15) is 18.0 Å². The smallest absolute Gasteiger partial charge is 0.308 e. The molecule has 28 heavy (non-hydrogen) atoms. The van der Waals surface area contributed by atoms with E-state index in [1.54, 1.807) is 19.1 Å². The predicted octanol–water partition coefficient (Wildman–Crippen LogP) is 2.59. The van der Waals surface area contributed by atoms with E-state index in [1.165, 1.54) is 32.2 Å². The van der Waals surface area contributed by atoms with Crippen LogP contribution in [0.25, 0.3) is 0 Å². The third-order valence-electron chi connectivity index (χ3n) is 3.75. The number of hydrogen-bond acceptors (Lipinski definition) is 8. The van der Waals surface area contributed by atoms with Crippen molar-refractivity contribution in [3.63, 3.8) is 0 Å². The van der Waals surface area contributed by atoms with E-state index >= 15 is 0 Å². The molecule has 0 unspecified atom stereocenters. The summed E-state index contributed by atoms with van der Waals surface area (Å²) in [6.45, 7) is 5.31. The fourth-order valence-electron chi connectivity index (χ4n) is 2.33. The molecule has 0 aliphatic carbocycles. The third kappa shape index (κ3) is 5.61. The molecule has 0 aliphatic rings. The van der Waals surface area contributed by atoms with Gasteiger partial charge in [0.25, 0.3) is 10.1 Å². The molecule has 0 spiro atoms. The predicted molar refractivity (Wildman–Crippen MR) is 98.9 cm³/mol. The number of carbonyl (C=O) groups excluding carboxylic acids is 2. The van der Waals surface area contributed by atoms with Gasteiger partial charge < -0.3 is 9.47 Å². The number of nitrogens with zero attached hydrogens (tertiary/aromatic N) is 1. The van der Waals surface area contributed by atoms with E-state index in [4.69, 9.17) is 13.7 Å². The van der Waals surface area contributed by atoms with E-state index in [2.05, 4.69) is 4.98 Å². The van der Waals surface area contributed by atoms with Gasteiger partial charge in [-0.3, -0.25) is 18.8 Å². The second-order valence-electron chi connectivity index (χ2n) is 6.08. The zero-order valence-electron chi connectivity index (χ0n) is 16.0. The van der Waals surface area contributed by atoms with Crippen LogP contribution in [0.3, 0.4) is 0 Å². The molecule has 1 aromatic carbocycles. The van der Waals surface area contributed by atoms with Gasteiger partial charge >= 0.3 is 11.9 Å². The minimum Gasteiger partial charge on any atom is -0.461 e. The number of aromatic nitrogens is 1. The van der Waals surface area contributed by atoms with Crippen LogP contribution in [-0.2, 0) is 41.8 Å². The summed E-state index contributed by atoms with van der Waals surface area (Å²) >= 11 is 0. The minimum atomic E-state index is -4.05. The highest BCUT2D eigenvalue weighted by Crippen LogP contribution is 2.28. The van der Waals surface area contributed by atoms with Gasteiger partial charge in [0.2, 0.25) is 0 Å². The molecule has 1 aromatic heterocycles. The Balaban J connectivity index is 2.37. The molecule has 2 aromatic rings.